The van der Waals surface area contributed by atoms with Crippen LogP contribution in [0.5, 0.6) is 11.5 Å². The maximum Gasteiger partial charge on any atom is 0.343 e. The van der Waals surface area contributed by atoms with Gasteiger partial charge >= 0.3 is 5.97 Å². The van der Waals surface area contributed by atoms with E-state index in [0.717, 1.165) is 25.0 Å². The first-order chi connectivity index (χ1) is 17.6. The minimum Gasteiger partial charge on any atom is -0.494 e. The van der Waals surface area contributed by atoms with Crippen LogP contribution in [0.25, 0.3) is 0 Å². The van der Waals surface area contributed by atoms with Gasteiger partial charge in [-0.2, -0.15) is 0 Å². The third kappa shape index (κ3) is 9.21. The van der Waals surface area contributed by atoms with Crippen LogP contribution in [0, 0.1) is 11.7 Å². The Morgan fingerprint density at radius 3 is 2.17 bits per heavy atom. The molecule has 1 aliphatic heterocycles. The minimum atomic E-state index is -0.749. The third-order valence-electron chi connectivity index (χ3n) is 6.47. The van der Waals surface area contributed by atoms with E-state index in [1.807, 2.05) is 0 Å². The highest BCUT2D eigenvalue weighted by atomic mass is 19.1. The van der Waals surface area contributed by atoms with Crippen LogP contribution in [0.15, 0.2) is 42.5 Å². The van der Waals surface area contributed by atoms with Crippen molar-refractivity contribution >= 4 is 5.97 Å². The van der Waals surface area contributed by atoms with Gasteiger partial charge in [-0.15, -0.1) is 0 Å². The van der Waals surface area contributed by atoms with Gasteiger partial charge in [0.25, 0.3) is 0 Å². The number of carbonyl (C=O) groups excluding carboxylic acids is 1. The van der Waals surface area contributed by atoms with Crippen LogP contribution in [0.2, 0.25) is 0 Å². The molecule has 0 radical (unpaired) electrons. The normalized spacial score (nSPS) is 17.6. The van der Waals surface area contributed by atoms with Crippen molar-refractivity contribution in [3.8, 4) is 11.5 Å². The first kappa shape index (κ1) is 28.1. The standard InChI is InChI=1S/C30H41FO5/c1-3-5-7-8-9-10-11-12-23-21-34-30(35-22-23)27-18-13-24(20-28(27)31)29(32)36-26-16-14-25(15-17-26)33-19-6-4-2/h13-18,20,23,30H,3-12,19,21-22H2,1-2H3. The summed E-state index contributed by atoms with van der Waals surface area (Å²) in [5, 5.41) is 0. The summed E-state index contributed by atoms with van der Waals surface area (Å²) < 4.78 is 37.5. The molecule has 0 aliphatic carbocycles. The highest BCUT2D eigenvalue weighted by molar-refractivity contribution is 5.91. The molecule has 2 aromatic carbocycles. The van der Waals surface area contributed by atoms with Gasteiger partial charge in [0.1, 0.15) is 17.3 Å². The van der Waals surface area contributed by atoms with Crippen molar-refractivity contribution in [1.82, 2.24) is 0 Å². The lowest BCUT2D eigenvalue weighted by Gasteiger charge is -2.30. The predicted octanol–water partition coefficient (Wildman–Crippen LogP) is 8.03. The molecule has 0 saturated carbocycles. The number of unbranched alkanes of at least 4 members (excludes halogenated alkanes) is 7. The second-order valence-corrected chi connectivity index (χ2v) is 9.57. The Kier molecular flexibility index (Phi) is 12.2. The van der Waals surface area contributed by atoms with Crippen LogP contribution in [0.4, 0.5) is 4.39 Å². The molecule has 1 aliphatic rings. The fraction of sp³-hybridized carbons (Fsp3) is 0.567. The Labute approximate surface area is 215 Å². The summed E-state index contributed by atoms with van der Waals surface area (Å²) in [7, 11) is 0. The van der Waals surface area contributed by atoms with Crippen LogP contribution in [-0.2, 0) is 9.47 Å². The van der Waals surface area contributed by atoms with E-state index in [4.69, 9.17) is 18.9 Å². The Morgan fingerprint density at radius 2 is 1.50 bits per heavy atom. The van der Waals surface area contributed by atoms with Crippen LogP contribution in [0.1, 0.15) is 100 Å². The van der Waals surface area contributed by atoms with Crippen molar-refractivity contribution in [2.24, 2.45) is 5.92 Å². The lowest BCUT2D eigenvalue weighted by molar-refractivity contribution is -0.207. The molecule has 0 atom stereocenters. The fourth-order valence-corrected chi connectivity index (χ4v) is 4.23. The highest BCUT2D eigenvalue weighted by Crippen LogP contribution is 2.30. The lowest BCUT2D eigenvalue weighted by Crippen LogP contribution is -2.27. The maximum atomic E-state index is 14.8. The fourth-order valence-electron chi connectivity index (χ4n) is 4.23. The SMILES string of the molecule is CCCCCCCCCC1COC(c2ccc(C(=O)Oc3ccc(OCCCC)cc3)cc2F)OC1. The molecule has 2 aromatic rings. The Bertz CT molecular complexity index is 906. The van der Waals surface area contributed by atoms with Crippen molar-refractivity contribution in [2.45, 2.75) is 84.3 Å². The van der Waals surface area contributed by atoms with Gasteiger partial charge in [0.15, 0.2) is 6.29 Å². The molecule has 3 rings (SSSR count). The summed E-state index contributed by atoms with van der Waals surface area (Å²) in [6, 6.07) is 11.1. The molecule has 36 heavy (non-hydrogen) atoms. The van der Waals surface area contributed by atoms with Gasteiger partial charge in [-0.3, -0.25) is 0 Å². The van der Waals surface area contributed by atoms with E-state index in [1.54, 1.807) is 30.3 Å². The van der Waals surface area contributed by atoms with Gasteiger partial charge in [0, 0.05) is 11.5 Å². The Hall–Kier alpha value is -2.44. The largest absolute Gasteiger partial charge is 0.494 e. The van der Waals surface area contributed by atoms with Gasteiger partial charge < -0.3 is 18.9 Å². The molecule has 0 amide bonds. The molecule has 5 nitrogen and oxygen atoms in total. The molecule has 0 unspecified atom stereocenters. The van der Waals surface area contributed by atoms with E-state index in [9.17, 15) is 9.18 Å². The first-order valence-corrected chi connectivity index (χ1v) is 13.6. The number of ether oxygens (including phenoxy) is 4. The van der Waals surface area contributed by atoms with E-state index < -0.39 is 18.1 Å². The molecule has 1 heterocycles. The van der Waals surface area contributed by atoms with Crippen LogP contribution < -0.4 is 9.47 Å². The quantitative estimate of drug-likeness (QED) is 0.141. The monoisotopic (exact) mass is 500 g/mol. The van der Waals surface area contributed by atoms with E-state index >= 15 is 0 Å². The summed E-state index contributed by atoms with van der Waals surface area (Å²) in [6.07, 6.45) is 11.3. The zero-order valence-corrected chi connectivity index (χ0v) is 21.8. The van der Waals surface area contributed by atoms with Crippen molar-refractivity contribution in [2.75, 3.05) is 19.8 Å². The molecule has 0 spiro atoms. The molecular weight excluding hydrogens is 459 g/mol. The highest BCUT2D eigenvalue weighted by Gasteiger charge is 2.26. The molecule has 0 N–H and O–H groups in total. The third-order valence-corrected chi connectivity index (χ3v) is 6.47. The number of esters is 1. The molecule has 0 aromatic heterocycles. The summed E-state index contributed by atoms with van der Waals surface area (Å²) in [6.45, 7) is 6.10. The Balaban J connectivity index is 1.42. The second-order valence-electron chi connectivity index (χ2n) is 9.57. The number of carbonyl (C=O) groups is 1. The van der Waals surface area contributed by atoms with Crippen molar-refractivity contribution in [3.63, 3.8) is 0 Å². The zero-order valence-electron chi connectivity index (χ0n) is 21.8. The predicted molar refractivity (Wildman–Crippen MR) is 139 cm³/mol. The lowest BCUT2D eigenvalue weighted by atomic mass is 10.0. The minimum absolute atomic E-state index is 0.132. The van der Waals surface area contributed by atoms with E-state index in [2.05, 4.69) is 13.8 Å². The molecule has 198 valence electrons. The molecular formula is C30H41FO5. The average Bonchev–Trinajstić information content (AvgIpc) is 2.90. The molecule has 6 heteroatoms. The number of halogens is 1. The van der Waals surface area contributed by atoms with Crippen LogP contribution in [0.3, 0.4) is 0 Å². The number of benzene rings is 2. The van der Waals surface area contributed by atoms with E-state index in [0.29, 0.717) is 37.1 Å². The Morgan fingerprint density at radius 1 is 0.861 bits per heavy atom. The van der Waals surface area contributed by atoms with Gasteiger partial charge in [-0.25, -0.2) is 9.18 Å². The summed E-state index contributed by atoms with van der Waals surface area (Å²) in [4.78, 5) is 12.5. The second kappa shape index (κ2) is 15.6. The van der Waals surface area contributed by atoms with Crippen molar-refractivity contribution < 1.29 is 28.1 Å². The van der Waals surface area contributed by atoms with Crippen LogP contribution in [-0.4, -0.2) is 25.8 Å². The smallest absolute Gasteiger partial charge is 0.343 e. The van der Waals surface area contributed by atoms with Crippen molar-refractivity contribution in [1.29, 1.82) is 0 Å². The molecule has 0 bridgehead atoms. The summed E-state index contributed by atoms with van der Waals surface area (Å²) in [5.41, 5.74) is 0.432. The number of hydrogen-bond acceptors (Lipinski definition) is 5. The number of rotatable bonds is 15. The van der Waals surface area contributed by atoms with Gasteiger partial charge in [-0.05, 0) is 49.2 Å². The molecule has 1 saturated heterocycles. The van der Waals surface area contributed by atoms with Gasteiger partial charge in [0.05, 0.1) is 25.4 Å². The topological polar surface area (TPSA) is 54.0 Å². The van der Waals surface area contributed by atoms with Gasteiger partial charge in [0.2, 0.25) is 0 Å². The summed E-state index contributed by atoms with van der Waals surface area (Å²) >= 11 is 0. The zero-order chi connectivity index (χ0) is 25.6. The first-order valence-electron chi connectivity index (χ1n) is 13.6. The van der Waals surface area contributed by atoms with E-state index in [1.165, 1.54) is 57.1 Å². The van der Waals surface area contributed by atoms with Crippen LogP contribution >= 0.6 is 0 Å². The average molecular weight is 501 g/mol. The van der Waals surface area contributed by atoms with Crippen molar-refractivity contribution in [3.05, 3.63) is 59.4 Å². The van der Waals surface area contributed by atoms with Gasteiger partial charge in [-0.1, -0.05) is 71.3 Å². The van der Waals surface area contributed by atoms with E-state index in [-0.39, 0.29) is 5.56 Å². The molecule has 1 fully saturated rings. The summed E-state index contributed by atoms with van der Waals surface area (Å²) in [5.74, 6) is 0.270. The number of hydrogen-bond donors (Lipinski definition) is 0. The maximum absolute atomic E-state index is 14.8.